The van der Waals surface area contributed by atoms with Gasteiger partial charge in [-0.15, -0.1) is 0 Å². The highest BCUT2D eigenvalue weighted by Crippen LogP contribution is 2.40. The molecule has 3 heterocycles. The van der Waals surface area contributed by atoms with Crippen molar-refractivity contribution in [1.82, 2.24) is 19.9 Å². The second-order valence-corrected chi connectivity index (χ2v) is 13.8. The predicted octanol–water partition coefficient (Wildman–Crippen LogP) is 5.37. The molecule has 1 aliphatic carbocycles. The van der Waals surface area contributed by atoms with Crippen molar-refractivity contribution < 1.29 is 13.2 Å². The van der Waals surface area contributed by atoms with Crippen molar-refractivity contribution >= 4 is 61.1 Å². The van der Waals surface area contributed by atoms with E-state index in [-0.39, 0.29) is 6.04 Å². The van der Waals surface area contributed by atoms with E-state index >= 15 is 0 Å². The summed E-state index contributed by atoms with van der Waals surface area (Å²) >= 11 is 0. The average Bonchev–Trinajstić information content (AvgIpc) is 3.59. The van der Waals surface area contributed by atoms with Crippen molar-refractivity contribution in [2.75, 3.05) is 53.3 Å². The number of nitrogens with zero attached hydrogens (tertiary/aromatic N) is 6. The number of anilines is 6. The van der Waals surface area contributed by atoms with E-state index in [4.69, 9.17) is 20.4 Å². The highest BCUT2D eigenvalue weighted by Gasteiger charge is 2.24. The molecule has 46 heavy (non-hydrogen) atoms. The highest BCUT2D eigenvalue weighted by atomic mass is 32.2. The fourth-order valence-electron chi connectivity index (χ4n) is 6.14. The summed E-state index contributed by atoms with van der Waals surface area (Å²) in [5.74, 6) is 1.61. The summed E-state index contributed by atoms with van der Waals surface area (Å²) in [7, 11) is -0.449. The number of aryl methyl sites for hydroxylation is 1. The zero-order valence-corrected chi connectivity index (χ0v) is 27.6. The van der Waals surface area contributed by atoms with Crippen molar-refractivity contribution in [2.24, 2.45) is 5.73 Å². The van der Waals surface area contributed by atoms with Gasteiger partial charge in [0.1, 0.15) is 22.8 Å². The van der Waals surface area contributed by atoms with E-state index in [1.165, 1.54) is 16.9 Å². The lowest BCUT2D eigenvalue weighted by atomic mass is 10.0. The number of sulfonamides is 1. The van der Waals surface area contributed by atoms with Gasteiger partial charge in [-0.3, -0.25) is 14.3 Å². The number of methoxy groups -OCH3 is 1. The number of nitrogens with two attached hydrogens (primary N) is 1. The second-order valence-electron chi connectivity index (χ2n) is 11.8. The Bertz CT molecular complexity index is 1890. The Morgan fingerprint density at radius 2 is 1.87 bits per heavy atom. The molecule has 4 N–H and O–H groups in total. The summed E-state index contributed by atoms with van der Waals surface area (Å²) in [5, 5.41) is 6.84. The Morgan fingerprint density at radius 3 is 2.57 bits per heavy atom. The largest absolute Gasteiger partial charge is 0.494 e. The van der Waals surface area contributed by atoms with Crippen molar-refractivity contribution in [3.8, 4) is 5.75 Å². The van der Waals surface area contributed by atoms with Crippen LogP contribution in [-0.4, -0.2) is 67.9 Å². The molecule has 2 aromatic heterocycles. The third-order valence-corrected chi connectivity index (χ3v) is 9.94. The van der Waals surface area contributed by atoms with E-state index in [1.54, 1.807) is 25.6 Å². The molecule has 0 atom stereocenters. The first-order valence-corrected chi connectivity index (χ1v) is 17.5. The van der Waals surface area contributed by atoms with Crippen LogP contribution in [0.4, 0.5) is 34.5 Å². The number of allylic oxidation sites excluding steroid dienone is 2. The number of hydrogen-bond donors (Lipinski definition) is 3. The number of rotatable bonds is 10. The van der Waals surface area contributed by atoms with Crippen molar-refractivity contribution in [3.63, 3.8) is 0 Å². The number of aromatic nitrogens is 4. The van der Waals surface area contributed by atoms with Crippen LogP contribution in [0.3, 0.4) is 0 Å². The molecule has 0 amide bonds. The Morgan fingerprint density at radius 1 is 1.09 bits per heavy atom. The lowest BCUT2D eigenvalue weighted by Crippen LogP contribution is -2.40. The number of nitrogens with one attached hydrogen (secondary N) is 2. The lowest BCUT2D eigenvalue weighted by molar-refractivity contribution is 0.416. The van der Waals surface area contributed by atoms with Gasteiger partial charge < -0.3 is 26.0 Å². The van der Waals surface area contributed by atoms with E-state index in [0.717, 1.165) is 80.4 Å². The highest BCUT2D eigenvalue weighted by molar-refractivity contribution is 7.92. The third kappa shape index (κ3) is 6.42. The lowest BCUT2D eigenvalue weighted by Gasteiger charge is -2.34. The number of piperidine rings is 1. The fourth-order valence-corrected chi connectivity index (χ4v) is 6.66. The van der Waals surface area contributed by atoms with Crippen LogP contribution in [0.25, 0.3) is 16.6 Å². The molecule has 242 valence electrons. The van der Waals surface area contributed by atoms with Crippen LogP contribution >= 0.6 is 0 Å². The van der Waals surface area contributed by atoms with E-state index in [9.17, 15) is 8.42 Å². The summed E-state index contributed by atoms with van der Waals surface area (Å²) in [4.78, 5) is 20.9. The summed E-state index contributed by atoms with van der Waals surface area (Å²) in [6.45, 7) is 3.97. The van der Waals surface area contributed by atoms with Crippen molar-refractivity contribution in [3.05, 3.63) is 60.1 Å². The van der Waals surface area contributed by atoms with Gasteiger partial charge in [0.15, 0.2) is 0 Å². The van der Waals surface area contributed by atoms with Gasteiger partial charge in [-0.25, -0.2) is 13.4 Å². The molecule has 0 unspecified atom stereocenters. The topological polar surface area (TPSA) is 151 Å². The Hall–Kier alpha value is -4.49. The summed E-state index contributed by atoms with van der Waals surface area (Å²) < 4.78 is 32.6. The second kappa shape index (κ2) is 13.1. The third-order valence-electron chi connectivity index (χ3n) is 8.76. The minimum atomic E-state index is -3.62. The quantitative estimate of drug-likeness (QED) is 0.205. The van der Waals surface area contributed by atoms with Gasteiger partial charge in [0.05, 0.1) is 30.3 Å². The summed E-state index contributed by atoms with van der Waals surface area (Å²) in [6, 6.07) is 8.05. The van der Waals surface area contributed by atoms with E-state index < -0.39 is 10.0 Å². The minimum Gasteiger partial charge on any atom is -0.494 e. The van der Waals surface area contributed by atoms with Gasteiger partial charge in [-0.05, 0) is 67.9 Å². The first-order chi connectivity index (χ1) is 22.2. The van der Waals surface area contributed by atoms with Gasteiger partial charge in [-0.2, -0.15) is 4.98 Å². The van der Waals surface area contributed by atoms with E-state index in [0.29, 0.717) is 39.9 Å². The minimum absolute atomic E-state index is 0.248. The molecular formula is C33H41N9O3S. The predicted molar refractivity (Wildman–Crippen MR) is 185 cm³/mol. The number of fused-ring (bicyclic) bond motifs is 1. The van der Waals surface area contributed by atoms with Crippen LogP contribution < -0.4 is 30.3 Å². The van der Waals surface area contributed by atoms with E-state index in [1.807, 2.05) is 12.3 Å². The summed E-state index contributed by atoms with van der Waals surface area (Å²) in [6.07, 6.45) is 14.0. The van der Waals surface area contributed by atoms with Gasteiger partial charge in [0.2, 0.25) is 16.0 Å². The Kier molecular flexibility index (Phi) is 8.96. The molecule has 2 aromatic carbocycles. The molecule has 2 aliphatic rings. The fraction of sp³-hybridized carbons (Fsp3) is 0.394. The van der Waals surface area contributed by atoms with Gasteiger partial charge in [-0.1, -0.05) is 13.0 Å². The molecule has 6 rings (SSSR count). The number of ether oxygens (including phenoxy) is 1. The van der Waals surface area contributed by atoms with Crippen LogP contribution in [0.1, 0.15) is 50.2 Å². The van der Waals surface area contributed by atoms with Crippen LogP contribution in [0.15, 0.2) is 48.9 Å². The van der Waals surface area contributed by atoms with E-state index in [2.05, 4.69) is 50.6 Å². The van der Waals surface area contributed by atoms with Crippen LogP contribution in [0.2, 0.25) is 0 Å². The Labute approximate surface area is 270 Å². The zero-order chi connectivity index (χ0) is 32.4. The molecule has 4 aromatic rings. The average molecular weight is 644 g/mol. The maximum absolute atomic E-state index is 12.8. The summed E-state index contributed by atoms with van der Waals surface area (Å²) in [5.41, 5.74) is 13.2. The molecule has 0 bridgehead atoms. The molecular weight excluding hydrogens is 602 g/mol. The standard InChI is InChI=1S/C33H41N9O3S/c1-5-21-18-27(29(45-3)19-28(21)42-16-12-23(34)13-17-42)39-33-37-20-24(22-8-6-7-9-22)32(40-33)38-26-11-10-25-30(36-15-14-35-25)31(26)41(2)46(4,43)44/h8,10-11,14-15,18-20,23H,5-7,9,12-13,16-17,34H2,1-4H3,(H2,37,38,39,40). The molecule has 1 aliphatic heterocycles. The monoisotopic (exact) mass is 643 g/mol. The first kappa shape index (κ1) is 31.5. The van der Waals surface area contributed by atoms with Gasteiger partial charge in [0.25, 0.3) is 0 Å². The van der Waals surface area contributed by atoms with Crippen LogP contribution in [0, 0.1) is 0 Å². The molecule has 0 spiro atoms. The van der Waals surface area contributed by atoms with Crippen LogP contribution in [-0.2, 0) is 16.4 Å². The smallest absolute Gasteiger partial charge is 0.232 e. The van der Waals surface area contributed by atoms with Crippen molar-refractivity contribution in [1.29, 1.82) is 0 Å². The first-order valence-electron chi connectivity index (χ1n) is 15.7. The van der Waals surface area contributed by atoms with Crippen LogP contribution in [0.5, 0.6) is 5.75 Å². The van der Waals surface area contributed by atoms with Gasteiger partial charge >= 0.3 is 0 Å². The normalized spacial score (nSPS) is 15.6. The SMILES string of the molecule is CCc1cc(Nc2ncc(C3=CCCC3)c(Nc3ccc4nccnc4c3N(C)S(C)(=O)=O)n2)c(OC)cc1N1CCC(N)CC1. The number of hydrogen-bond acceptors (Lipinski definition) is 11. The molecule has 1 fully saturated rings. The van der Waals surface area contributed by atoms with Gasteiger partial charge in [0, 0.05) is 62.1 Å². The molecule has 13 heteroatoms. The zero-order valence-electron chi connectivity index (χ0n) is 26.7. The van der Waals surface area contributed by atoms with Crippen molar-refractivity contribution in [2.45, 2.75) is 51.5 Å². The molecule has 1 saturated heterocycles. The molecule has 0 saturated carbocycles. The maximum atomic E-state index is 12.8. The molecule has 12 nitrogen and oxygen atoms in total. The number of benzene rings is 2. The Balaban J connectivity index is 1.40. The molecule has 0 radical (unpaired) electrons. The maximum Gasteiger partial charge on any atom is 0.232 e.